The van der Waals surface area contributed by atoms with Gasteiger partial charge in [-0.3, -0.25) is 19.3 Å². The van der Waals surface area contributed by atoms with Crippen LogP contribution in [0.2, 0.25) is 0 Å². The van der Waals surface area contributed by atoms with E-state index in [1.807, 2.05) is 17.9 Å². The van der Waals surface area contributed by atoms with Crippen LogP contribution in [0.5, 0.6) is 0 Å². The standard InChI is InChI=1S/C16H27N5O/c1-19-10-13(9-18-19)11-20-8-4-6-15-14(20)5-2-3-7-21(15)12-16(17)22/h9-10,14-15H,2-8,11-12H2,1H3,(H2,17,22)/t14-,15-/m1/s1. The predicted molar refractivity (Wildman–Crippen MR) is 85.0 cm³/mol. The Kier molecular flexibility index (Phi) is 4.78. The maximum atomic E-state index is 11.4. The van der Waals surface area contributed by atoms with E-state index in [2.05, 4.69) is 21.1 Å². The molecule has 6 heteroatoms. The Morgan fingerprint density at radius 2 is 1.95 bits per heavy atom. The highest BCUT2D eigenvalue weighted by Gasteiger charge is 2.36. The lowest BCUT2D eigenvalue weighted by atomic mass is 9.92. The van der Waals surface area contributed by atoms with Gasteiger partial charge in [0.05, 0.1) is 12.7 Å². The maximum Gasteiger partial charge on any atom is 0.231 e. The van der Waals surface area contributed by atoms with Gasteiger partial charge in [-0.1, -0.05) is 6.42 Å². The summed E-state index contributed by atoms with van der Waals surface area (Å²) in [5, 5.41) is 4.28. The Labute approximate surface area is 132 Å². The van der Waals surface area contributed by atoms with E-state index in [1.165, 1.54) is 37.7 Å². The fraction of sp³-hybridized carbons (Fsp3) is 0.750. The summed E-state index contributed by atoms with van der Waals surface area (Å²) in [5.41, 5.74) is 6.72. The molecular weight excluding hydrogens is 278 g/mol. The Hall–Kier alpha value is -1.40. The number of aryl methyl sites for hydroxylation is 1. The molecule has 22 heavy (non-hydrogen) atoms. The second-order valence-corrected chi connectivity index (χ2v) is 6.70. The van der Waals surface area contributed by atoms with E-state index in [9.17, 15) is 4.79 Å². The van der Waals surface area contributed by atoms with Gasteiger partial charge in [-0.15, -0.1) is 0 Å². The monoisotopic (exact) mass is 305 g/mol. The van der Waals surface area contributed by atoms with Crippen LogP contribution >= 0.6 is 0 Å². The number of likely N-dealkylation sites (tertiary alicyclic amines) is 2. The highest BCUT2D eigenvalue weighted by Crippen LogP contribution is 2.30. The first-order valence-corrected chi connectivity index (χ1v) is 8.37. The smallest absolute Gasteiger partial charge is 0.231 e. The first-order valence-electron chi connectivity index (χ1n) is 8.37. The molecule has 2 atom stereocenters. The van der Waals surface area contributed by atoms with Gasteiger partial charge < -0.3 is 5.73 Å². The number of carbonyl (C=O) groups is 1. The predicted octanol–water partition coefficient (Wildman–Crippen LogP) is 0.724. The third-order valence-corrected chi connectivity index (χ3v) is 5.03. The van der Waals surface area contributed by atoms with Crippen LogP contribution in [0.1, 0.15) is 37.7 Å². The van der Waals surface area contributed by atoms with Crippen molar-refractivity contribution in [2.75, 3.05) is 19.6 Å². The van der Waals surface area contributed by atoms with Gasteiger partial charge in [-0.2, -0.15) is 5.10 Å². The van der Waals surface area contributed by atoms with Crippen LogP contribution in [0.4, 0.5) is 0 Å². The van der Waals surface area contributed by atoms with Gasteiger partial charge >= 0.3 is 0 Å². The topological polar surface area (TPSA) is 67.4 Å². The lowest BCUT2D eigenvalue weighted by Gasteiger charge is -2.44. The highest BCUT2D eigenvalue weighted by molar-refractivity contribution is 5.76. The van der Waals surface area contributed by atoms with Crippen molar-refractivity contribution < 1.29 is 4.79 Å². The minimum atomic E-state index is -0.204. The molecule has 3 rings (SSSR count). The summed E-state index contributed by atoms with van der Waals surface area (Å²) in [6, 6.07) is 1.01. The average Bonchev–Trinajstić information content (AvgIpc) is 2.77. The summed E-state index contributed by atoms with van der Waals surface area (Å²) in [5.74, 6) is -0.204. The highest BCUT2D eigenvalue weighted by atomic mass is 16.1. The number of hydrogen-bond donors (Lipinski definition) is 1. The minimum Gasteiger partial charge on any atom is -0.369 e. The van der Waals surface area contributed by atoms with Crippen LogP contribution in [0.3, 0.4) is 0 Å². The number of primary amides is 1. The second-order valence-electron chi connectivity index (χ2n) is 6.70. The van der Waals surface area contributed by atoms with Gasteiger partial charge in [0.2, 0.25) is 5.91 Å². The normalized spacial score (nSPS) is 27.3. The largest absolute Gasteiger partial charge is 0.369 e. The lowest BCUT2D eigenvalue weighted by Crippen LogP contribution is -2.55. The number of hydrogen-bond acceptors (Lipinski definition) is 4. The van der Waals surface area contributed by atoms with Crippen molar-refractivity contribution in [1.29, 1.82) is 0 Å². The van der Waals surface area contributed by atoms with E-state index < -0.39 is 0 Å². The molecule has 0 bridgehead atoms. The number of aromatic nitrogens is 2. The molecule has 0 aliphatic carbocycles. The number of piperidine rings is 1. The fourth-order valence-corrected chi connectivity index (χ4v) is 4.12. The molecule has 1 amide bonds. The van der Waals surface area contributed by atoms with Gasteiger partial charge in [0.1, 0.15) is 0 Å². The van der Waals surface area contributed by atoms with E-state index in [0.717, 1.165) is 19.6 Å². The summed E-state index contributed by atoms with van der Waals surface area (Å²) in [6.07, 6.45) is 10.1. The van der Waals surface area contributed by atoms with E-state index in [-0.39, 0.29) is 5.91 Å². The van der Waals surface area contributed by atoms with Crippen molar-refractivity contribution in [2.45, 2.75) is 50.7 Å². The van der Waals surface area contributed by atoms with Crippen LogP contribution < -0.4 is 5.73 Å². The number of amides is 1. The molecule has 0 radical (unpaired) electrons. The van der Waals surface area contributed by atoms with Gasteiger partial charge in [0.25, 0.3) is 0 Å². The molecule has 2 aliphatic heterocycles. The molecule has 0 saturated carbocycles. The Bertz CT molecular complexity index is 514. The maximum absolute atomic E-state index is 11.4. The van der Waals surface area contributed by atoms with Gasteiger partial charge in [-0.05, 0) is 38.8 Å². The van der Waals surface area contributed by atoms with E-state index in [1.54, 1.807) is 0 Å². The third-order valence-electron chi connectivity index (χ3n) is 5.03. The number of nitrogens with two attached hydrogens (primary N) is 1. The van der Waals surface area contributed by atoms with E-state index in [0.29, 0.717) is 18.6 Å². The van der Waals surface area contributed by atoms with Crippen molar-refractivity contribution in [3.8, 4) is 0 Å². The van der Waals surface area contributed by atoms with Crippen LogP contribution in [-0.4, -0.2) is 57.2 Å². The van der Waals surface area contributed by atoms with Gasteiger partial charge in [0, 0.05) is 37.4 Å². The first kappa shape index (κ1) is 15.5. The van der Waals surface area contributed by atoms with Crippen LogP contribution in [0.25, 0.3) is 0 Å². The molecule has 2 aliphatic rings. The summed E-state index contributed by atoms with van der Waals surface area (Å²) in [6.45, 7) is 3.51. The van der Waals surface area contributed by atoms with Gasteiger partial charge in [-0.25, -0.2) is 0 Å². The van der Waals surface area contributed by atoms with Crippen LogP contribution in [0, 0.1) is 0 Å². The van der Waals surface area contributed by atoms with E-state index >= 15 is 0 Å². The first-order chi connectivity index (χ1) is 10.6. The molecule has 6 nitrogen and oxygen atoms in total. The molecule has 0 unspecified atom stereocenters. The fourth-order valence-electron chi connectivity index (χ4n) is 4.12. The quantitative estimate of drug-likeness (QED) is 0.890. The number of nitrogens with zero attached hydrogens (tertiary/aromatic N) is 4. The number of rotatable bonds is 4. The lowest BCUT2D eigenvalue weighted by molar-refractivity contribution is -0.120. The molecular formula is C16H27N5O. The summed E-state index contributed by atoms with van der Waals surface area (Å²) in [4.78, 5) is 16.3. The van der Waals surface area contributed by atoms with Gasteiger partial charge in [0.15, 0.2) is 0 Å². The SMILES string of the molecule is Cn1cc(CN2CCC[C@@H]3[C@H]2CCCCN3CC(N)=O)cn1. The summed E-state index contributed by atoms with van der Waals surface area (Å²) < 4.78 is 1.86. The number of carbonyl (C=O) groups excluding carboxylic acids is 1. The molecule has 122 valence electrons. The van der Waals surface area contributed by atoms with Crippen molar-refractivity contribution in [3.63, 3.8) is 0 Å². The second kappa shape index (κ2) is 6.79. The minimum absolute atomic E-state index is 0.204. The molecule has 2 fully saturated rings. The zero-order chi connectivity index (χ0) is 15.5. The Morgan fingerprint density at radius 1 is 1.23 bits per heavy atom. The summed E-state index contributed by atoms with van der Waals surface area (Å²) >= 11 is 0. The molecule has 1 aromatic heterocycles. The third kappa shape index (κ3) is 3.50. The Balaban J connectivity index is 1.73. The van der Waals surface area contributed by atoms with Crippen molar-refractivity contribution in [3.05, 3.63) is 18.0 Å². The zero-order valence-corrected chi connectivity index (χ0v) is 13.4. The Morgan fingerprint density at radius 3 is 2.68 bits per heavy atom. The average molecular weight is 305 g/mol. The molecule has 0 aromatic carbocycles. The molecule has 0 spiro atoms. The molecule has 3 heterocycles. The van der Waals surface area contributed by atoms with Crippen molar-refractivity contribution in [1.82, 2.24) is 19.6 Å². The van der Waals surface area contributed by atoms with Crippen LogP contribution in [-0.2, 0) is 18.4 Å². The molecule has 2 N–H and O–H groups in total. The van der Waals surface area contributed by atoms with Crippen molar-refractivity contribution in [2.24, 2.45) is 12.8 Å². The van der Waals surface area contributed by atoms with Crippen molar-refractivity contribution >= 4 is 5.91 Å². The summed E-state index contributed by atoms with van der Waals surface area (Å²) in [7, 11) is 1.96. The zero-order valence-electron chi connectivity index (χ0n) is 13.4. The molecule has 2 saturated heterocycles. The number of fused-ring (bicyclic) bond motifs is 1. The van der Waals surface area contributed by atoms with E-state index in [4.69, 9.17) is 5.73 Å². The molecule has 1 aromatic rings. The van der Waals surface area contributed by atoms with Crippen LogP contribution in [0.15, 0.2) is 12.4 Å².